The number of anilines is 1. The lowest BCUT2D eigenvalue weighted by atomic mass is 10.3. The van der Waals surface area contributed by atoms with Gasteiger partial charge in [-0.3, -0.25) is 0 Å². The van der Waals surface area contributed by atoms with Gasteiger partial charge in [-0.1, -0.05) is 6.07 Å². The maximum absolute atomic E-state index is 5.81. The van der Waals surface area contributed by atoms with Crippen LogP contribution in [0.15, 0.2) is 24.4 Å². The first-order chi connectivity index (χ1) is 7.65. The van der Waals surface area contributed by atoms with E-state index < -0.39 is 0 Å². The van der Waals surface area contributed by atoms with Crippen molar-refractivity contribution >= 4 is 11.5 Å². The predicted molar refractivity (Wildman–Crippen MR) is 66.6 cm³/mol. The summed E-state index contributed by atoms with van der Waals surface area (Å²) in [6.45, 7) is 4.78. The van der Waals surface area contributed by atoms with Crippen LogP contribution < -0.4 is 10.6 Å². The fourth-order valence-electron chi connectivity index (χ4n) is 1.75. The van der Waals surface area contributed by atoms with Crippen molar-refractivity contribution in [1.29, 1.82) is 0 Å². The molecule has 0 fully saturated rings. The summed E-state index contributed by atoms with van der Waals surface area (Å²) >= 11 is 0. The van der Waals surface area contributed by atoms with E-state index in [9.17, 15) is 0 Å². The van der Waals surface area contributed by atoms with Crippen LogP contribution in [0.2, 0.25) is 0 Å². The van der Waals surface area contributed by atoms with Gasteiger partial charge in [-0.25, -0.2) is 4.98 Å². The zero-order valence-corrected chi connectivity index (χ0v) is 10.0. The third-order valence-corrected chi connectivity index (χ3v) is 2.91. The van der Waals surface area contributed by atoms with Gasteiger partial charge in [0.15, 0.2) is 5.82 Å². The number of hydrogen-bond donors (Lipinski definition) is 1. The molecule has 16 heavy (non-hydrogen) atoms. The second-order valence-corrected chi connectivity index (χ2v) is 4.22. The van der Waals surface area contributed by atoms with Gasteiger partial charge in [0.05, 0.1) is 5.69 Å². The molecular weight excluding hydrogens is 200 g/mol. The van der Waals surface area contributed by atoms with Crippen molar-refractivity contribution in [3.63, 3.8) is 0 Å². The van der Waals surface area contributed by atoms with E-state index in [1.54, 1.807) is 0 Å². The average molecular weight is 218 g/mol. The number of hydrogen-bond acceptors (Lipinski definition) is 3. The molecule has 2 heterocycles. The van der Waals surface area contributed by atoms with E-state index in [2.05, 4.69) is 23.7 Å². The van der Waals surface area contributed by atoms with Crippen molar-refractivity contribution in [2.45, 2.75) is 26.4 Å². The summed E-state index contributed by atoms with van der Waals surface area (Å²) in [5.41, 5.74) is 7.82. The Bertz CT molecular complexity index is 487. The maximum atomic E-state index is 5.81. The molecule has 86 valence electrons. The molecule has 0 amide bonds. The normalized spacial score (nSPS) is 11.3. The fraction of sp³-hybridized carbons (Fsp3) is 0.417. The molecule has 4 heteroatoms. The molecule has 2 rings (SSSR count). The first-order valence-corrected chi connectivity index (χ1v) is 5.54. The van der Waals surface area contributed by atoms with Crippen molar-refractivity contribution in [3.8, 4) is 0 Å². The molecule has 0 aliphatic rings. The standard InChI is InChI=1S/C12H18N4/c1-9(2)15(3)12-10(8-13)16-7-5-4-6-11(16)14-12/h4-7,9H,8,13H2,1-3H3. The van der Waals surface area contributed by atoms with E-state index >= 15 is 0 Å². The van der Waals surface area contributed by atoms with E-state index in [1.807, 2.05) is 35.8 Å². The lowest BCUT2D eigenvalue weighted by Gasteiger charge is -2.22. The summed E-state index contributed by atoms with van der Waals surface area (Å²) in [5.74, 6) is 0.976. The summed E-state index contributed by atoms with van der Waals surface area (Å²) in [5, 5.41) is 0. The number of nitrogens with zero attached hydrogens (tertiary/aromatic N) is 3. The Kier molecular flexibility index (Phi) is 2.83. The van der Waals surface area contributed by atoms with Gasteiger partial charge in [0, 0.05) is 25.8 Å². The molecular formula is C12H18N4. The van der Waals surface area contributed by atoms with Crippen molar-refractivity contribution < 1.29 is 0 Å². The largest absolute Gasteiger partial charge is 0.356 e. The molecule has 2 N–H and O–H groups in total. The monoisotopic (exact) mass is 218 g/mol. The van der Waals surface area contributed by atoms with Crippen LogP contribution in [-0.2, 0) is 6.54 Å². The first-order valence-electron chi connectivity index (χ1n) is 5.54. The number of fused-ring (bicyclic) bond motifs is 1. The highest BCUT2D eigenvalue weighted by Gasteiger charge is 2.15. The molecule has 2 aromatic heterocycles. The Morgan fingerprint density at radius 1 is 1.44 bits per heavy atom. The molecule has 0 saturated carbocycles. The number of imidazole rings is 1. The lowest BCUT2D eigenvalue weighted by molar-refractivity contribution is 0.738. The van der Waals surface area contributed by atoms with Crippen LogP contribution in [0, 0.1) is 0 Å². The first kappa shape index (κ1) is 11.0. The summed E-state index contributed by atoms with van der Waals surface area (Å²) in [6, 6.07) is 6.39. The summed E-state index contributed by atoms with van der Waals surface area (Å²) in [6.07, 6.45) is 2.00. The summed E-state index contributed by atoms with van der Waals surface area (Å²) in [4.78, 5) is 6.76. The Morgan fingerprint density at radius 2 is 2.19 bits per heavy atom. The van der Waals surface area contributed by atoms with Crippen LogP contribution in [0.25, 0.3) is 5.65 Å². The van der Waals surface area contributed by atoms with Gasteiger partial charge in [0.25, 0.3) is 0 Å². The molecule has 0 spiro atoms. The van der Waals surface area contributed by atoms with E-state index in [0.717, 1.165) is 17.2 Å². The van der Waals surface area contributed by atoms with Crippen molar-refractivity contribution in [2.75, 3.05) is 11.9 Å². The van der Waals surface area contributed by atoms with Crippen LogP contribution in [-0.4, -0.2) is 22.5 Å². The zero-order valence-electron chi connectivity index (χ0n) is 10.0. The molecule has 0 saturated heterocycles. The highest BCUT2D eigenvalue weighted by molar-refractivity contribution is 5.55. The third kappa shape index (κ3) is 1.65. The summed E-state index contributed by atoms with van der Waals surface area (Å²) < 4.78 is 2.05. The van der Waals surface area contributed by atoms with Crippen LogP contribution >= 0.6 is 0 Å². The molecule has 0 aliphatic heterocycles. The van der Waals surface area contributed by atoms with E-state index in [-0.39, 0.29) is 0 Å². The Morgan fingerprint density at radius 3 is 2.81 bits per heavy atom. The minimum absolute atomic E-state index is 0.412. The van der Waals surface area contributed by atoms with Crippen LogP contribution in [0.4, 0.5) is 5.82 Å². The molecule has 0 aliphatic carbocycles. The van der Waals surface area contributed by atoms with Gasteiger partial charge in [-0.2, -0.15) is 0 Å². The minimum Gasteiger partial charge on any atom is -0.356 e. The minimum atomic E-state index is 0.412. The third-order valence-electron chi connectivity index (χ3n) is 2.91. The molecule has 0 aromatic carbocycles. The smallest absolute Gasteiger partial charge is 0.152 e. The molecule has 0 radical (unpaired) electrons. The quantitative estimate of drug-likeness (QED) is 0.852. The summed E-state index contributed by atoms with van der Waals surface area (Å²) in [7, 11) is 2.05. The number of pyridine rings is 1. The SMILES string of the molecule is CC(C)N(C)c1nc2ccccn2c1CN. The number of nitrogens with two attached hydrogens (primary N) is 1. The average Bonchev–Trinajstić information content (AvgIpc) is 2.65. The van der Waals surface area contributed by atoms with Crippen LogP contribution in [0.3, 0.4) is 0 Å². The van der Waals surface area contributed by atoms with Gasteiger partial charge < -0.3 is 15.0 Å². The van der Waals surface area contributed by atoms with E-state index in [4.69, 9.17) is 5.73 Å². The zero-order chi connectivity index (χ0) is 11.7. The lowest BCUT2D eigenvalue weighted by Crippen LogP contribution is -2.27. The topological polar surface area (TPSA) is 46.6 Å². The van der Waals surface area contributed by atoms with Gasteiger partial charge in [-0.15, -0.1) is 0 Å². The second kappa shape index (κ2) is 4.14. The van der Waals surface area contributed by atoms with Crippen molar-refractivity contribution in [1.82, 2.24) is 9.38 Å². The molecule has 0 unspecified atom stereocenters. The van der Waals surface area contributed by atoms with Gasteiger partial charge in [0.1, 0.15) is 5.65 Å². The van der Waals surface area contributed by atoms with Gasteiger partial charge >= 0.3 is 0 Å². The predicted octanol–water partition coefficient (Wildman–Crippen LogP) is 1.64. The van der Waals surface area contributed by atoms with E-state index in [0.29, 0.717) is 12.6 Å². The van der Waals surface area contributed by atoms with Crippen molar-refractivity contribution in [3.05, 3.63) is 30.1 Å². The van der Waals surface area contributed by atoms with Crippen molar-refractivity contribution in [2.24, 2.45) is 5.73 Å². The Balaban J connectivity index is 2.60. The molecule has 0 bridgehead atoms. The Labute approximate surface area is 95.7 Å². The number of rotatable bonds is 3. The maximum Gasteiger partial charge on any atom is 0.152 e. The molecule has 0 atom stereocenters. The molecule has 2 aromatic rings. The second-order valence-electron chi connectivity index (χ2n) is 4.22. The fourth-order valence-corrected chi connectivity index (χ4v) is 1.75. The molecule has 4 nitrogen and oxygen atoms in total. The highest BCUT2D eigenvalue weighted by Crippen LogP contribution is 2.21. The van der Waals surface area contributed by atoms with Gasteiger partial charge in [-0.05, 0) is 26.0 Å². The highest BCUT2D eigenvalue weighted by atomic mass is 15.2. The number of aromatic nitrogens is 2. The van der Waals surface area contributed by atoms with Crippen LogP contribution in [0.1, 0.15) is 19.5 Å². The Hall–Kier alpha value is -1.55. The van der Waals surface area contributed by atoms with E-state index in [1.165, 1.54) is 0 Å². The van der Waals surface area contributed by atoms with Crippen LogP contribution in [0.5, 0.6) is 0 Å². The van der Waals surface area contributed by atoms with Gasteiger partial charge in [0.2, 0.25) is 0 Å².